The van der Waals surface area contributed by atoms with Gasteiger partial charge in [-0.05, 0) is 24.1 Å². The van der Waals surface area contributed by atoms with Crippen LogP contribution in [0.1, 0.15) is 28.5 Å². The molecule has 3 N–H and O–H groups in total. The van der Waals surface area contributed by atoms with Crippen molar-refractivity contribution in [2.24, 2.45) is 5.73 Å². The van der Waals surface area contributed by atoms with Crippen LogP contribution in [0.2, 0.25) is 5.02 Å². The van der Waals surface area contributed by atoms with E-state index >= 15 is 0 Å². The van der Waals surface area contributed by atoms with Crippen molar-refractivity contribution < 1.29 is 4.79 Å². The lowest BCUT2D eigenvalue weighted by molar-refractivity contribution is 0.0941. The summed E-state index contributed by atoms with van der Waals surface area (Å²) in [4.78, 5) is 12.2. The fourth-order valence-corrected chi connectivity index (χ4v) is 2.34. The molecule has 0 aliphatic carbocycles. The van der Waals surface area contributed by atoms with Gasteiger partial charge in [-0.3, -0.25) is 4.79 Å². The number of aryl methyl sites for hydroxylation is 1. The third-order valence-electron chi connectivity index (χ3n) is 3.21. The Bertz CT molecular complexity index is 607. The van der Waals surface area contributed by atoms with Gasteiger partial charge in [0.15, 0.2) is 0 Å². The van der Waals surface area contributed by atoms with Gasteiger partial charge in [-0.2, -0.15) is 0 Å². The molecule has 20 heavy (non-hydrogen) atoms. The molecule has 0 aliphatic heterocycles. The van der Waals surface area contributed by atoms with Crippen LogP contribution in [0.3, 0.4) is 0 Å². The monoisotopic (exact) mass is 291 g/mol. The summed E-state index contributed by atoms with van der Waals surface area (Å²) in [6, 6.07) is 9.48. The molecule has 0 radical (unpaired) electrons. The maximum Gasteiger partial charge on any atom is 0.268 e. The van der Waals surface area contributed by atoms with Gasteiger partial charge < -0.3 is 15.6 Å². The van der Waals surface area contributed by atoms with E-state index in [1.807, 2.05) is 35.8 Å². The number of amides is 1. The van der Waals surface area contributed by atoms with Crippen LogP contribution < -0.4 is 11.1 Å². The minimum atomic E-state index is -0.134. The van der Waals surface area contributed by atoms with E-state index in [0.717, 1.165) is 11.1 Å². The van der Waals surface area contributed by atoms with Crippen molar-refractivity contribution in [2.45, 2.75) is 26.6 Å². The van der Waals surface area contributed by atoms with Crippen LogP contribution in [-0.2, 0) is 19.6 Å². The van der Waals surface area contributed by atoms with Crippen molar-refractivity contribution in [3.63, 3.8) is 0 Å². The highest BCUT2D eigenvalue weighted by molar-refractivity contribution is 6.31. The van der Waals surface area contributed by atoms with Gasteiger partial charge in [0, 0.05) is 25.8 Å². The van der Waals surface area contributed by atoms with Crippen LogP contribution in [0, 0.1) is 0 Å². The van der Waals surface area contributed by atoms with Gasteiger partial charge in [-0.15, -0.1) is 0 Å². The first-order valence-electron chi connectivity index (χ1n) is 6.56. The smallest absolute Gasteiger partial charge is 0.268 e. The van der Waals surface area contributed by atoms with Crippen molar-refractivity contribution in [3.05, 3.63) is 58.4 Å². The molecule has 0 atom stereocenters. The molecule has 0 spiro atoms. The summed E-state index contributed by atoms with van der Waals surface area (Å²) < 4.78 is 1.83. The highest BCUT2D eigenvalue weighted by Gasteiger charge is 2.12. The minimum absolute atomic E-state index is 0.134. The van der Waals surface area contributed by atoms with Crippen LogP contribution in [0.15, 0.2) is 36.5 Å². The third kappa shape index (κ3) is 3.21. The lowest BCUT2D eigenvalue weighted by atomic mass is 10.1. The predicted molar refractivity (Wildman–Crippen MR) is 80.6 cm³/mol. The normalized spacial score (nSPS) is 10.6. The Morgan fingerprint density at radius 3 is 2.70 bits per heavy atom. The number of carbonyl (C=O) groups excluding carboxylic acids is 1. The number of hydrogen-bond acceptors (Lipinski definition) is 2. The molecule has 0 bridgehead atoms. The fraction of sp³-hybridized carbons (Fsp3) is 0.267. The molecule has 2 aromatic rings. The number of nitrogens with two attached hydrogens (primary N) is 1. The molecule has 1 aromatic heterocycles. The first-order chi connectivity index (χ1) is 9.65. The van der Waals surface area contributed by atoms with Crippen molar-refractivity contribution >= 4 is 17.5 Å². The van der Waals surface area contributed by atoms with Gasteiger partial charge in [0.2, 0.25) is 0 Å². The molecule has 5 heteroatoms. The molecule has 4 nitrogen and oxygen atoms in total. The first kappa shape index (κ1) is 14.6. The first-order valence-corrected chi connectivity index (χ1v) is 6.94. The van der Waals surface area contributed by atoms with Crippen LogP contribution in [0.4, 0.5) is 0 Å². The number of rotatable bonds is 5. The molecule has 0 fully saturated rings. The summed E-state index contributed by atoms with van der Waals surface area (Å²) in [7, 11) is 0. The second-order valence-electron chi connectivity index (χ2n) is 4.49. The Morgan fingerprint density at radius 2 is 2.05 bits per heavy atom. The van der Waals surface area contributed by atoms with Gasteiger partial charge in [-0.1, -0.05) is 35.9 Å². The van der Waals surface area contributed by atoms with Crippen molar-refractivity contribution in [1.29, 1.82) is 0 Å². The average molecular weight is 292 g/mol. The van der Waals surface area contributed by atoms with Gasteiger partial charge in [0.05, 0.1) is 5.02 Å². The highest BCUT2D eigenvalue weighted by Crippen LogP contribution is 2.14. The zero-order chi connectivity index (χ0) is 14.5. The summed E-state index contributed by atoms with van der Waals surface area (Å²) in [6.07, 6.45) is 1.75. The Kier molecular flexibility index (Phi) is 4.82. The zero-order valence-corrected chi connectivity index (χ0v) is 12.2. The van der Waals surface area contributed by atoms with Gasteiger partial charge in [-0.25, -0.2) is 0 Å². The topological polar surface area (TPSA) is 60.0 Å². The molecule has 1 amide bonds. The third-order valence-corrected chi connectivity index (χ3v) is 3.42. The van der Waals surface area contributed by atoms with E-state index in [0.29, 0.717) is 30.4 Å². The second-order valence-corrected chi connectivity index (χ2v) is 4.92. The molecule has 106 valence electrons. The Morgan fingerprint density at radius 1 is 1.35 bits per heavy atom. The van der Waals surface area contributed by atoms with Crippen molar-refractivity contribution in [2.75, 3.05) is 0 Å². The summed E-state index contributed by atoms with van der Waals surface area (Å²) in [6.45, 7) is 3.59. The van der Waals surface area contributed by atoms with Gasteiger partial charge in [0.25, 0.3) is 5.91 Å². The second kappa shape index (κ2) is 6.59. The van der Waals surface area contributed by atoms with Gasteiger partial charge in [0.1, 0.15) is 5.69 Å². The Hall–Kier alpha value is -1.78. The molecule has 1 heterocycles. The number of carbonyl (C=O) groups is 1. The van der Waals surface area contributed by atoms with Crippen LogP contribution in [0.5, 0.6) is 0 Å². The number of aromatic nitrogens is 1. The van der Waals surface area contributed by atoms with E-state index in [4.69, 9.17) is 17.3 Å². The lowest BCUT2D eigenvalue weighted by Crippen LogP contribution is -2.25. The van der Waals surface area contributed by atoms with Crippen molar-refractivity contribution in [1.82, 2.24) is 9.88 Å². The van der Waals surface area contributed by atoms with E-state index < -0.39 is 0 Å². The maximum atomic E-state index is 12.2. The zero-order valence-electron chi connectivity index (χ0n) is 11.4. The van der Waals surface area contributed by atoms with Crippen LogP contribution in [-0.4, -0.2) is 10.5 Å². The van der Waals surface area contributed by atoms with Crippen LogP contribution in [0.25, 0.3) is 0 Å². The summed E-state index contributed by atoms with van der Waals surface area (Å²) in [5.41, 5.74) is 8.32. The van der Waals surface area contributed by atoms with Crippen molar-refractivity contribution in [3.8, 4) is 0 Å². The lowest BCUT2D eigenvalue weighted by Gasteiger charge is -2.10. The van der Waals surface area contributed by atoms with E-state index in [-0.39, 0.29) is 5.91 Å². The molecular formula is C15H18ClN3O. The predicted octanol–water partition coefficient (Wildman–Crippen LogP) is 2.55. The summed E-state index contributed by atoms with van der Waals surface area (Å²) in [5, 5.41) is 3.47. The molecule has 0 saturated carbocycles. The molecule has 2 rings (SSSR count). The molecule has 0 unspecified atom stereocenters. The largest absolute Gasteiger partial charge is 0.347 e. The van der Waals surface area contributed by atoms with E-state index in [2.05, 4.69) is 5.32 Å². The quantitative estimate of drug-likeness (QED) is 0.889. The minimum Gasteiger partial charge on any atom is -0.347 e. The summed E-state index contributed by atoms with van der Waals surface area (Å²) >= 11 is 5.94. The number of benzene rings is 1. The maximum absolute atomic E-state index is 12.2. The van der Waals surface area contributed by atoms with E-state index in [1.54, 1.807) is 12.3 Å². The number of nitrogens with one attached hydrogen (secondary N) is 1. The van der Waals surface area contributed by atoms with E-state index in [1.165, 1.54) is 0 Å². The average Bonchev–Trinajstić information content (AvgIpc) is 2.86. The molecule has 0 saturated heterocycles. The Labute approximate surface area is 123 Å². The fourth-order valence-electron chi connectivity index (χ4n) is 2.12. The van der Waals surface area contributed by atoms with Gasteiger partial charge >= 0.3 is 0 Å². The number of nitrogens with zero attached hydrogens (tertiary/aromatic N) is 1. The molecular weight excluding hydrogens is 274 g/mol. The number of halogens is 1. The molecule has 0 aliphatic rings. The molecule has 1 aromatic carbocycles. The standard InChI is InChI=1S/C15H18ClN3O/c1-2-19-10-13(16)7-14(19)15(20)18-9-12-6-4-3-5-11(12)8-17/h3-7,10H,2,8-9,17H2,1H3,(H,18,20). The Balaban J connectivity index is 2.08. The summed E-state index contributed by atoms with van der Waals surface area (Å²) in [5.74, 6) is -0.134. The number of hydrogen-bond donors (Lipinski definition) is 2. The van der Waals surface area contributed by atoms with E-state index in [9.17, 15) is 4.79 Å². The SMILES string of the molecule is CCn1cc(Cl)cc1C(=O)NCc1ccccc1CN. The highest BCUT2D eigenvalue weighted by atomic mass is 35.5. The van der Waals surface area contributed by atoms with Crippen LogP contribution >= 0.6 is 11.6 Å².